The van der Waals surface area contributed by atoms with E-state index in [4.69, 9.17) is 19.2 Å². The molecule has 1 saturated heterocycles. The first-order valence-electron chi connectivity index (χ1n) is 12.5. The van der Waals surface area contributed by atoms with Crippen LogP contribution >= 0.6 is 11.3 Å². The Kier molecular flexibility index (Phi) is 7.67. The van der Waals surface area contributed by atoms with Gasteiger partial charge in [0.05, 0.1) is 31.5 Å². The number of ether oxygens (including phenoxy) is 3. The Morgan fingerprint density at radius 3 is 2.10 bits per heavy atom. The molecule has 1 aliphatic heterocycles. The molecule has 39 heavy (non-hydrogen) atoms. The molecular formula is C29H30N4O5S. The Hall–Kier alpha value is -4.15. The van der Waals surface area contributed by atoms with Crippen molar-refractivity contribution >= 4 is 39.1 Å². The molecule has 1 fully saturated rings. The summed E-state index contributed by atoms with van der Waals surface area (Å²) >= 11 is 1.50. The van der Waals surface area contributed by atoms with Gasteiger partial charge in [-0.3, -0.25) is 9.59 Å². The SMILES string of the molecule is COc1cc(NC(=O)c2ccc3nc(-c4ccc(C(=O)N5CCN(C)CC5)cc4)sc3c2)cc(OC)c1OC. The zero-order valence-electron chi connectivity index (χ0n) is 22.3. The van der Waals surface area contributed by atoms with Crippen LogP contribution in [0.1, 0.15) is 20.7 Å². The molecule has 0 saturated carbocycles. The number of carbonyl (C=O) groups is 2. The van der Waals surface area contributed by atoms with Crippen molar-refractivity contribution in [2.75, 3.05) is 59.9 Å². The quantitative estimate of drug-likeness (QED) is 0.361. The van der Waals surface area contributed by atoms with Gasteiger partial charge in [0.1, 0.15) is 5.01 Å². The van der Waals surface area contributed by atoms with Crippen molar-refractivity contribution in [1.82, 2.24) is 14.8 Å². The normalized spacial score (nSPS) is 13.8. The standard InChI is InChI=1S/C29H30N4O5S/c1-32-11-13-33(14-12-32)29(35)19-7-5-18(6-8-19)28-31-22-10-9-20(15-25(22)39-28)27(34)30-21-16-23(36-2)26(38-4)24(17-21)37-3/h5-10,15-17H,11-14H2,1-4H3,(H,30,34). The molecule has 0 spiro atoms. The zero-order chi connectivity index (χ0) is 27.5. The van der Waals surface area contributed by atoms with E-state index in [-0.39, 0.29) is 11.8 Å². The molecular weight excluding hydrogens is 516 g/mol. The molecule has 3 aromatic carbocycles. The van der Waals surface area contributed by atoms with Gasteiger partial charge in [-0.2, -0.15) is 0 Å². The molecule has 0 bridgehead atoms. The summed E-state index contributed by atoms with van der Waals surface area (Å²) in [7, 11) is 6.65. The molecule has 0 aliphatic carbocycles. The van der Waals surface area contributed by atoms with E-state index in [0.717, 1.165) is 47.0 Å². The molecule has 1 aromatic heterocycles. The minimum atomic E-state index is -0.270. The molecule has 2 heterocycles. The van der Waals surface area contributed by atoms with Crippen molar-refractivity contribution in [1.29, 1.82) is 0 Å². The first-order chi connectivity index (χ1) is 18.9. The maximum atomic E-state index is 13.1. The third-order valence-corrected chi connectivity index (χ3v) is 7.81. The van der Waals surface area contributed by atoms with Crippen molar-refractivity contribution in [3.05, 3.63) is 65.7 Å². The second-order valence-corrected chi connectivity index (χ2v) is 10.3. The predicted octanol–water partition coefficient (Wildman–Crippen LogP) is 4.63. The van der Waals surface area contributed by atoms with Gasteiger partial charge in [-0.05, 0) is 37.4 Å². The Bertz CT molecular complexity index is 1490. The summed E-state index contributed by atoms with van der Waals surface area (Å²) in [6.07, 6.45) is 0. The number of nitrogens with one attached hydrogen (secondary N) is 1. The summed E-state index contributed by atoms with van der Waals surface area (Å²) in [5.74, 6) is 1.14. The number of benzene rings is 3. The van der Waals surface area contributed by atoms with E-state index >= 15 is 0 Å². The number of nitrogens with zero attached hydrogens (tertiary/aromatic N) is 3. The predicted molar refractivity (Wildman–Crippen MR) is 153 cm³/mol. The van der Waals surface area contributed by atoms with Crippen LogP contribution in [0, 0.1) is 0 Å². The number of hydrogen-bond acceptors (Lipinski definition) is 8. The van der Waals surface area contributed by atoms with E-state index < -0.39 is 0 Å². The fraction of sp³-hybridized carbons (Fsp3) is 0.276. The first-order valence-corrected chi connectivity index (χ1v) is 13.3. The van der Waals surface area contributed by atoms with Gasteiger partial charge in [-0.15, -0.1) is 11.3 Å². The largest absolute Gasteiger partial charge is 0.493 e. The van der Waals surface area contributed by atoms with Crippen molar-refractivity contribution in [2.24, 2.45) is 0 Å². The molecule has 5 rings (SSSR count). The maximum absolute atomic E-state index is 13.1. The van der Waals surface area contributed by atoms with Crippen LogP contribution < -0.4 is 19.5 Å². The van der Waals surface area contributed by atoms with Gasteiger partial charge in [0.2, 0.25) is 5.75 Å². The van der Waals surface area contributed by atoms with Crippen LogP contribution in [0.2, 0.25) is 0 Å². The monoisotopic (exact) mass is 546 g/mol. The van der Waals surface area contributed by atoms with E-state index in [2.05, 4.69) is 17.3 Å². The number of likely N-dealkylation sites (N-methyl/N-ethyl adjacent to an activating group) is 1. The number of fused-ring (bicyclic) bond motifs is 1. The highest BCUT2D eigenvalue weighted by Crippen LogP contribution is 2.40. The molecule has 0 radical (unpaired) electrons. The second-order valence-electron chi connectivity index (χ2n) is 9.24. The second kappa shape index (κ2) is 11.3. The lowest BCUT2D eigenvalue weighted by Crippen LogP contribution is -2.47. The van der Waals surface area contributed by atoms with Crippen LogP contribution in [0.4, 0.5) is 5.69 Å². The highest BCUT2D eigenvalue weighted by Gasteiger charge is 2.21. The number of hydrogen-bond donors (Lipinski definition) is 1. The highest BCUT2D eigenvalue weighted by atomic mass is 32.1. The fourth-order valence-corrected chi connectivity index (χ4v) is 5.50. The molecule has 1 N–H and O–H groups in total. The maximum Gasteiger partial charge on any atom is 0.255 e. The Morgan fingerprint density at radius 1 is 0.846 bits per heavy atom. The first kappa shape index (κ1) is 26.5. The number of piperazine rings is 1. The van der Waals surface area contributed by atoms with Crippen LogP contribution in [0.15, 0.2) is 54.6 Å². The van der Waals surface area contributed by atoms with Gasteiger partial charge in [-0.25, -0.2) is 4.98 Å². The summed E-state index contributed by atoms with van der Waals surface area (Å²) < 4.78 is 17.0. The molecule has 10 heteroatoms. The summed E-state index contributed by atoms with van der Waals surface area (Å²) in [5.41, 5.74) is 3.42. The highest BCUT2D eigenvalue weighted by molar-refractivity contribution is 7.21. The van der Waals surface area contributed by atoms with Gasteiger partial charge < -0.3 is 29.3 Å². The lowest BCUT2D eigenvalue weighted by Gasteiger charge is -2.32. The third kappa shape index (κ3) is 5.52. The summed E-state index contributed by atoms with van der Waals surface area (Å²) in [6.45, 7) is 3.25. The number of carbonyl (C=O) groups excluding carboxylic acids is 2. The van der Waals surface area contributed by atoms with E-state index in [1.54, 1.807) is 18.2 Å². The number of anilines is 1. The van der Waals surface area contributed by atoms with Gasteiger partial charge in [0, 0.05) is 60.7 Å². The zero-order valence-corrected chi connectivity index (χ0v) is 23.1. The van der Waals surface area contributed by atoms with Gasteiger partial charge in [0.25, 0.3) is 11.8 Å². The van der Waals surface area contributed by atoms with Crippen molar-refractivity contribution in [3.8, 4) is 27.8 Å². The van der Waals surface area contributed by atoms with E-state index in [0.29, 0.717) is 34.1 Å². The van der Waals surface area contributed by atoms with Crippen LogP contribution in [-0.4, -0.2) is 81.2 Å². The van der Waals surface area contributed by atoms with E-state index in [9.17, 15) is 9.59 Å². The van der Waals surface area contributed by atoms with Crippen LogP contribution in [-0.2, 0) is 0 Å². The molecule has 2 amide bonds. The van der Waals surface area contributed by atoms with Gasteiger partial charge in [0.15, 0.2) is 11.5 Å². The number of aromatic nitrogens is 1. The van der Waals surface area contributed by atoms with Crippen molar-refractivity contribution in [2.45, 2.75) is 0 Å². The fourth-order valence-electron chi connectivity index (χ4n) is 4.49. The molecule has 202 valence electrons. The average Bonchev–Trinajstić information content (AvgIpc) is 3.40. The van der Waals surface area contributed by atoms with Crippen LogP contribution in [0.3, 0.4) is 0 Å². The topological polar surface area (TPSA) is 93.2 Å². The minimum absolute atomic E-state index is 0.0571. The third-order valence-electron chi connectivity index (χ3n) is 6.74. The van der Waals surface area contributed by atoms with Crippen LogP contribution in [0.25, 0.3) is 20.8 Å². The Balaban J connectivity index is 1.32. The van der Waals surface area contributed by atoms with E-state index in [1.807, 2.05) is 41.3 Å². The lowest BCUT2D eigenvalue weighted by atomic mass is 10.1. The summed E-state index contributed by atoms with van der Waals surface area (Å²) in [4.78, 5) is 34.8. The van der Waals surface area contributed by atoms with E-state index in [1.165, 1.54) is 32.7 Å². The molecule has 1 aliphatic rings. The van der Waals surface area contributed by atoms with Gasteiger partial charge in [-0.1, -0.05) is 12.1 Å². The number of amides is 2. The van der Waals surface area contributed by atoms with Gasteiger partial charge >= 0.3 is 0 Å². The number of rotatable bonds is 7. The minimum Gasteiger partial charge on any atom is -0.493 e. The average molecular weight is 547 g/mol. The molecule has 0 unspecified atom stereocenters. The lowest BCUT2D eigenvalue weighted by molar-refractivity contribution is 0.0664. The van der Waals surface area contributed by atoms with Crippen molar-refractivity contribution in [3.63, 3.8) is 0 Å². The van der Waals surface area contributed by atoms with Crippen LogP contribution in [0.5, 0.6) is 17.2 Å². The molecule has 9 nitrogen and oxygen atoms in total. The smallest absolute Gasteiger partial charge is 0.255 e. The number of methoxy groups -OCH3 is 3. The summed E-state index contributed by atoms with van der Waals surface area (Å²) in [5, 5.41) is 3.72. The molecule has 0 atom stereocenters. The summed E-state index contributed by atoms with van der Waals surface area (Å²) in [6, 6.07) is 16.4. The Morgan fingerprint density at radius 2 is 1.49 bits per heavy atom. The van der Waals surface area contributed by atoms with Crippen molar-refractivity contribution < 1.29 is 23.8 Å². The number of thiazole rings is 1. The molecule has 4 aromatic rings. The Labute approximate surface area is 230 Å².